The average Bonchev–Trinajstić information content (AvgIpc) is 3.10. The van der Waals surface area contributed by atoms with E-state index in [9.17, 15) is 9.59 Å². The standard InChI is InChI=1S/C25H22N2O3S/c1-3-30-24(29)19-14-15-20-21(16-19)31-25(27(20)2)26-23(28)22(17-10-6-4-7-11-17)18-12-8-5-9-13-18/h4-16,22H,3H2,1-2H3. The van der Waals surface area contributed by atoms with Crippen LogP contribution in [0.15, 0.2) is 83.9 Å². The first-order valence-corrected chi connectivity index (χ1v) is 10.8. The molecule has 0 spiro atoms. The van der Waals surface area contributed by atoms with Crippen LogP contribution < -0.4 is 4.80 Å². The Morgan fingerprint density at radius 1 is 0.968 bits per heavy atom. The molecule has 1 amide bonds. The highest BCUT2D eigenvalue weighted by Gasteiger charge is 2.22. The summed E-state index contributed by atoms with van der Waals surface area (Å²) < 4.78 is 7.84. The van der Waals surface area contributed by atoms with Crippen molar-refractivity contribution in [2.45, 2.75) is 12.8 Å². The molecule has 6 heteroatoms. The van der Waals surface area contributed by atoms with Crippen LogP contribution in [0.2, 0.25) is 0 Å². The lowest BCUT2D eigenvalue weighted by atomic mass is 9.91. The summed E-state index contributed by atoms with van der Waals surface area (Å²) in [5.41, 5.74) is 3.19. The van der Waals surface area contributed by atoms with Crippen molar-refractivity contribution < 1.29 is 14.3 Å². The van der Waals surface area contributed by atoms with Gasteiger partial charge in [0.2, 0.25) is 0 Å². The zero-order valence-corrected chi connectivity index (χ0v) is 18.1. The lowest BCUT2D eigenvalue weighted by Gasteiger charge is -2.14. The SMILES string of the molecule is CCOC(=O)c1ccc2c(c1)sc(=NC(=O)C(c1ccccc1)c1ccccc1)n2C. The van der Waals surface area contributed by atoms with E-state index in [2.05, 4.69) is 4.99 Å². The molecule has 1 aromatic heterocycles. The van der Waals surface area contributed by atoms with Gasteiger partial charge in [0.25, 0.3) is 5.91 Å². The quantitative estimate of drug-likeness (QED) is 0.432. The number of nitrogens with zero attached hydrogens (tertiary/aromatic N) is 2. The molecule has 31 heavy (non-hydrogen) atoms. The number of rotatable bonds is 5. The van der Waals surface area contributed by atoms with Crippen molar-refractivity contribution in [3.63, 3.8) is 0 Å². The van der Waals surface area contributed by atoms with E-state index >= 15 is 0 Å². The van der Waals surface area contributed by atoms with Crippen LogP contribution >= 0.6 is 11.3 Å². The molecule has 0 radical (unpaired) electrons. The molecule has 0 aliphatic carbocycles. The topological polar surface area (TPSA) is 60.7 Å². The molecule has 4 rings (SSSR count). The highest BCUT2D eigenvalue weighted by atomic mass is 32.1. The fourth-order valence-corrected chi connectivity index (χ4v) is 4.57. The lowest BCUT2D eigenvalue weighted by molar-refractivity contribution is -0.118. The molecular weight excluding hydrogens is 408 g/mol. The number of fused-ring (bicyclic) bond motifs is 1. The average molecular weight is 431 g/mol. The summed E-state index contributed by atoms with van der Waals surface area (Å²) in [4.78, 5) is 30.5. The summed E-state index contributed by atoms with van der Waals surface area (Å²) in [6.45, 7) is 2.10. The zero-order chi connectivity index (χ0) is 21.8. The van der Waals surface area contributed by atoms with E-state index in [-0.39, 0.29) is 11.9 Å². The van der Waals surface area contributed by atoms with Gasteiger partial charge >= 0.3 is 5.97 Å². The summed E-state index contributed by atoms with van der Waals surface area (Å²) in [6, 6.07) is 24.7. The number of carbonyl (C=O) groups is 2. The first-order valence-electron chi connectivity index (χ1n) is 10.0. The number of thiazole rings is 1. The maximum Gasteiger partial charge on any atom is 0.338 e. The van der Waals surface area contributed by atoms with Gasteiger partial charge in [-0.05, 0) is 36.2 Å². The van der Waals surface area contributed by atoms with Gasteiger partial charge < -0.3 is 9.30 Å². The van der Waals surface area contributed by atoms with Gasteiger partial charge in [0.05, 0.1) is 28.3 Å². The summed E-state index contributed by atoms with van der Waals surface area (Å²) in [5, 5.41) is 0. The predicted octanol–water partition coefficient (Wildman–Crippen LogP) is 4.68. The van der Waals surface area contributed by atoms with Gasteiger partial charge in [-0.2, -0.15) is 4.99 Å². The van der Waals surface area contributed by atoms with Gasteiger partial charge in [0.1, 0.15) is 0 Å². The third-order valence-corrected chi connectivity index (χ3v) is 6.13. The first kappa shape index (κ1) is 20.8. The van der Waals surface area contributed by atoms with Crippen LogP contribution in [0.3, 0.4) is 0 Å². The van der Waals surface area contributed by atoms with E-state index in [0.29, 0.717) is 17.0 Å². The van der Waals surface area contributed by atoms with E-state index in [1.54, 1.807) is 19.1 Å². The Labute approximate surface area is 184 Å². The van der Waals surface area contributed by atoms with Crippen LogP contribution in [0.1, 0.15) is 34.3 Å². The Morgan fingerprint density at radius 3 is 2.16 bits per heavy atom. The van der Waals surface area contributed by atoms with Crippen molar-refractivity contribution in [1.82, 2.24) is 4.57 Å². The third-order valence-electron chi connectivity index (χ3n) is 5.04. The molecule has 5 nitrogen and oxygen atoms in total. The molecular formula is C25H22N2O3S. The summed E-state index contributed by atoms with van der Waals surface area (Å²) in [7, 11) is 1.87. The van der Waals surface area contributed by atoms with Crippen molar-refractivity contribution in [2.24, 2.45) is 12.0 Å². The second kappa shape index (κ2) is 9.10. The van der Waals surface area contributed by atoms with Crippen molar-refractivity contribution in [3.05, 3.63) is 100 Å². The lowest BCUT2D eigenvalue weighted by Crippen LogP contribution is -2.18. The highest BCUT2D eigenvalue weighted by Crippen LogP contribution is 2.26. The zero-order valence-electron chi connectivity index (χ0n) is 17.3. The summed E-state index contributed by atoms with van der Waals surface area (Å²) >= 11 is 1.38. The Bertz CT molecular complexity index is 1250. The summed E-state index contributed by atoms with van der Waals surface area (Å²) in [6.07, 6.45) is 0. The van der Waals surface area contributed by atoms with E-state index < -0.39 is 5.92 Å². The minimum Gasteiger partial charge on any atom is -0.462 e. The molecule has 156 valence electrons. The van der Waals surface area contributed by atoms with Gasteiger partial charge in [-0.1, -0.05) is 72.0 Å². The smallest absolute Gasteiger partial charge is 0.338 e. The third kappa shape index (κ3) is 4.34. The van der Waals surface area contributed by atoms with Crippen LogP contribution in [0.25, 0.3) is 10.2 Å². The number of aromatic nitrogens is 1. The number of aryl methyl sites for hydroxylation is 1. The largest absolute Gasteiger partial charge is 0.462 e. The van der Waals surface area contributed by atoms with E-state index in [0.717, 1.165) is 21.3 Å². The maximum absolute atomic E-state index is 13.4. The minimum atomic E-state index is -0.484. The Hall–Kier alpha value is -3.51. The molecule has 4 aromatic rings. The van der Waals surface area contributed by atoms with E-state index in [1.165, 1.54) is 11.3 Å². The first-order chi connectivity index (χ1) is 15.1. The van der Waals surface area contributed by atoms with Crippen LogP contribution in [0.4, 0.5) is 0 Å². The second-order valence-corrected chi connectivity index (χ2v) is 8.06. The van der Waals surface area contributed by atoms with Gasteiger partial charge in [-0.25, -0.2) is 4.79 Å². The number of hydrogen-bond donors (Lipinski definition) is 0. The number of amides is 1. The Kier molecular flexibility index (Phi) is 6.09. The summed E-state index contributed by atoms with van der Waals surface area (Å²) in [5.74, 6) is -1.07. The molecule has 0 saturated carbocycles. The molecule has 0 N–H and O–H groups in total. The predicted molar refractivity (Wildman–Crippen MR) is 122 cm³/mol. The number of benzene rings is 3. The van der Waals surface area contributed by atoms with Crippen molar-refractivity contribution in [3.8, 4) is 0 Å². The van der Waals surface area contributed by atoms with Gasteiger partial charge in [0.15, 0.2) is 4.80 Å². The number of carbonyl (C=O) groups excluding carboxylic acids is 2. The van der Waals surface area contributed by atoms with Crippen LogP contribution in [-0.2, 0) is 16.6 Å². The highest BCUT2D eigenvalue weighted by molar-refractivity contribution is 7.16. The molecule has 0 saturated heterocycles. The van der Waals surface area contributed by atoms with Crippen LogP contribution in [0, 0.1) is 0 Å². The number of hydrogen-bond acceptors (Lipinski definition) is 4. The molecule has 0 unspecified atom stereocenters. The molecule has 0 fully saturated rings. The molecule has 0 bridgehead atoms. The van der Waals surface area contributed by atoms with Crippen LogP contribution in [0.5, 0.6) is 0 Å². The monoisotopic (exact) mass is 430 g/mol. The van der Waals surface area contributed by atoms with Crippen molar-refractivity contribution in [2.75, 3.05) is 6.61 Å². The number of esters is 1. The second-order valence-electron chi connectivity index (χ2n) is 7.05. The van der Waals surface area contributed by atoms with E-state index in [1.807, 2.05) is 78.3 Å². The Morgan fingerprint density at radius 2 is 1.58 bits per heavy atom. The van der Waals surface area contributed by atoms with Crippen LogP contribution in [-0.4, -0.2) is 23.1 Å². The maximum atomic E-state index is 13.4. The van der Waals surface area contributed by atoms with Crippen molar-refractivity contribution in [1.29, 1.82) is 0 Å². The minimum absolute atomic E-state index is 0.231. The van der Waals surface area contributed by atoms with Gasteiger partial charge in [0, 0.05) is 7.05 Å². The molecule has 3 aromatic carbocycles. The van der Waals surface area contributed by atoms with E-state index in [4.69, 9.17) is 4.74 Å². The van der Waals surface area contributed by atoms with Crippen molar-refractivity contribution >= 4 is 33.4 Å². The number of ether oxygens (including phenoxy) is 1. The van der Waals surface area contributed by atoms with Gasteiger partial charge in [-0.3, -0.25) is 4.79 Å². The Balaban J connectivity index is 1.77. The van der Waals surface area contributed by atoms with Gasteiger partial charge in [-0.15, -0.1) is 0 Å². The molecule has 0 aliphatic heterocycles. The molecule has 1 heterocycles. The normalized spacial score (nSPS) is 11.8. The molecule has 0 aliphatic rings. The fourth-order valence-electron chi connectivity index (χ4n) is 3.51. The fraction of sp³-hybridized carbons (Fsp3) is 0.160. The molecule has 0 atom stereocenters.